The molecule has 1 atom stereocenters. The van der Waals surface area contributed by atoms with Crippen LogP contribution in [0.2, 0.25) is 0 Å². The lowest BCUT2D eigenvalue weighted by Crippen LogP contribution is -2.50. The quantitative estimate of drug-likeness (QED) is 0.652. The van der Waals surface area contributed by atoms with Crippen molar-refractivity contribution in [3.63, 3.8) is 0 Å². The third-order valence-electron chi connectivity index (χ3n) is 7.30. The van der Waals surface area contributed by atoms with Crippen molar-refractivity contribution >= 4 is 5.91 Å². The second-order valence-corrected chi connectivity index (χ2v) is 9.51. The van der Waals surface area contributed by atoms with E-state index in [4.69, 9.17) is 9.26 Å². The van der Waals surface area contributed by atoms with E-state index in [1.165, 1.54) is 22.0 Å². The number of rotatable bonds is 7. The van der Waals surface area contributed by atoms with Crippen LogP contribution in [-0.4, -0.2) is 65.9 Å². The molecule has 2 aliphatic heterocycles. The van der Waals surface area contributed by atoms with E-state index in [1.807, 2.05) is 4.90 Å². The van der Waals surface area contributed by atoms with Crippen molar-refractivity contribution in [1.29, 1.82) is 0 Å². The van der Waals surface area contributed by atoms with E-state index in [0.29, 0.717) is 18.5 Å². The van der Waals surface area contributed by atoms with E-state index >= 15 is 0 Å². The molecule has 2 fully saturated rings. The van der Waals surface area contributed by atoms with Gasteiger partial charge in [-0.1, -0.05) is 28.9 Å². The van der Waals surface area contributed by atoms with Gasteiger partial charge in [0.15, 0.2) is 0 Å². The zero-order valence-electron chi connectivity index (χ0n) is 18.6. The smallest absolute Gasteiger partial charge is 0.376 e. The van der Waals surface area contributed by atoms with Gasteiger partial charge in [0, 0.05) is 25.7 Å². The summed E-state index contributed by atoms with van der Waals surface area (Å²) >= 11 is 0. The Labute approximate surface area is 188 Å². The minimum Gasteiger partial charge on any atom is -0.376 e. The Morgan fingerprint density at radius 3 is 2.50 bits per heavy atom. The highest BCUT2D eigenvalue weighted by atomic mass is 16.5. The maximum absolute atomic E-state index is 13.1. The number of aromatic amines is 1. The summed E-state index contributed by atoms with van der Waals surface area (Å²) in [6.07, 6.45) is 7.98. The van der Waals surface area contributed by atoms with Crippen LogP contribution in [0.1, 0.15) is 36.8 Å². The molecule has 32 heavy (non-hydrogen) atoms. The Balaban J connectivity index is 1.16. The largest absolute Gasteiger partial charge is 0.426 e. The van der Waals surface area contributed by atoms with Gasteiger partial charge in [0.05, 0.1) is 6.10 Å². The van der Waals surface area contributed by atoms with Crippen molar-refractivity contribution in [2.45, 2.75) is 57.2 Å². The van der Waals surface area contributed by atoms with E-state index in [9.17, 15) is 9.59 Å². The van der Waals surface area contributed by atoms with E-state index in [0.717, 1.165) is 64.8 Å². The van der Waals surface area contributed by atoms with Crippen LogP contribution in [-0.2, 0) is 28.9 Å². The number of carbonyl (C=O) groups excluding carboxylic acids is 1. The molecule has 1 N–H and O–H groups in total. The monoisotopic (exact) mass is 441 g/mol. The van der Waals surface area contributed by atoms with Crippen molar-refractivity contribution in [2.75, 3.05) is 32.8 Å². The van der Waals surface area contributed by atoms with Crippen LogP contribution in [0.5, 0.6) is 0 Å². The van der Waals surface area contributed by atoms with Gasteiger partial charge in [-0.25, -0.2) is 4.79 Å². The Kier molecular flexibility index (Phi) is 6.41. The van der Waals surface area contributed by atoms with Gasteiger partial charge in [-0.05, 0) is 73.9 Å². The van der Waals surface area contributed by atoms with Crippen LogP contribution < -0.4 is 10.3 Å². The molecule has 3 heterocycles. The number of nitrogens with one attached hydrogen (secondary N) is 1. The summed E-state index contributed by atoms with van der Waals surface area (Å²) < 4.78 is 11.9. The molecule has 8 nitrogen and oxygen atoms in total. The maximum atomic E-state index is 13.1. The fourth-order valence-electron chi connectivity index (χ4n) is 5.53. The number of hydrogen-bond acceptors (Lipinski definition) is 5. The summed E-state index contributed by atoms with van der Waals surface area (Å²) in [5.41, 5.74) is 2.52. The Morgan fingerprint density at radius 2 is 1.88 bits per heavy atom. The van der Waals surface area contributed by atoms with Crippen LogP contribution in [0.25, 0.3) is 0 Å². The molecule has 2 aromatic rings. The lowest BCUT2D eigenvalue weighted by molar-refractivity contribution is -0.751. The topological polar surface area (TPSA) is 82.7 Å². The number of amides is 1. The van der Waals surface area contributed by atoms with Crippen molar-refractivity contribution in [1.82, 2.24) is 15.1 Å². The molecule has 172 valence electrons. The third kappa shape index (κ3) is 4.96. The van der Waals surface area contributed by atoms with Gasteiger partial charge in [0.1, 0.15) is 0 Å². The van der Waals surface area contributed by atoms with E-state index in [-0.39, 0.29) is 18.6 Å². The zero-order chi connectivity index (χ0) is 21.9. The summed E-state index contributed by atoms with van der Waals surface area (Å²) in [5, 5.41) is 2.48. The van der Waals surface area contributed by atoms with Crippen LogP contribution in [0.3, 0.4) is 0 Å². The SMILES string of the molecule is O=C(C[n+]1cc(=O)o[nH]1)N(CC1CCN(C2Cc3ccccc3C2)CC1)C[C@@H]1CCCO1. The average molecular weight is 442 g/mol. The number of aromatic nitrogens is 2. The van der Waals surface area contributed by atoms with Crippen molar-refractivity contribution in [2.24, 2.45) is 5.92 Å². The molecule has 2 saturated heterocycles. The van der Waals surface area contributed by atoms with Gasteiger partial charge in [-0.15, -0.1) is 0 Å². The third-order valence-corrected chi connectivity index (χ3v) is 7.30. The Hall–Kier alpha value is -2.45. The van der Waals surface area contributed by atoms with Crippen molar-refractivity contribution in [3.05, 3.63) is 52.0 Å². The van der Waals surface area contributed by atoms with Crippen LogP contribution in [0, 0.1) is 5.92 Å². The summed E-state index contributed by atoms with van der Waals surface area (Å²) in [7, 11) is 0. The molecule has 1 aliphatic carbocycles. The molecule has 0 radical (unpaired) electrons. The van der Waals surface area contributed by atoms with E-state index in [1.54, 1.807) is 0 Å². The van der Waals surface area contributed by atoms with Crippen molar-refractivity contribution < 1.29 is 18.7 Å². The lowest BCUT2D eigenvalue weighted by atomic mass is 9.94. The van der Waals surface area contributed by atoms with E-state index < -0.39 is 5.63 Å². The summed E-state index contributed by atoms with van der Waals surface area (Å²) in [5.74, 6) is 0.491. The first-order valence-electron chi connectivity index (χ1n) is 11.9. The first-order chi connectivity index (χ1) is 15.6. The highest BCUT2D eigenvalue weighted by Crippen LogP contribution is 2.29. The standard InChI is InChI=1S/C24H32N4O4/c29-23(16-28-17-24(30)32-25-28)27(15-22-6-3-11-31-22)14-18-7-9-26(10-8-18)21-12-19-4-1-2-5-20(19)13-21/h1-2,4-5,17-18,21-22H,3,6-16H2/p+1/t22-/m0/s1. The van der Waals surface area contributed by atoms with Gasteiger partial charge in [-0.2, -0.15) is 0 Å². The molecule has 3 aliphatic rings. The molecular formula is C24H33N4O4+. The normalized spacial score (nSPS) is 22.3. The van der Waals surface area contributed by atoms with Gasteiger partial charge >= 0.3 is 5.63 Å². The zero-order valence-corrected chi connectivity index (χ0v) is 18.6. The first-order valence-corrected chi connectivity index (χ1v) is 11.9. The number of fused-ring (bicyclic) bond motifs is 1. The Bertz CT molecular complexity index is 947. The fourth-order valence-corrected chi connectivity index (χ4v) is 5.53. The number of nitrogens with zero attached hydrogens (tertiary/aromatic N) is 3. The molecule has 0 spiro atoms. The van der Waals surface area contributed by atoms with Gasteiger partial charge in [-0.3, -0.25) is 14.2 Å². The highest BCUT2D eigenvalue weighted by Gasteiger charge is 2.32. The predicted octanol–water partition coefficient (Wildman–Crippen LogP) is 1.14. The summed E-state index contributed by atoms with van der Waals surface area (Å²) in [6.45, 7) is 4.42. The maximum Gasteiger partial charge on any atom is 0.426 e. The second kappa shape index (κ2) is 9.58. The van der Waals surface area contributed by atoms with E-state index in [2.05, 4.69) is 34.4 Å². The average Bonchev–Trinajstić information content (AvgIpc) is 3.55. The molecule has 1 aromatic heterocycles. The molecule has 0 unspecified atom stereocenters. The molecular weight excluding hydrogens is 408 g/mol. The van der Waals surface area contributed by atoms with Crippen LogP contribution in [0.4, 0.5) is 0 Å². The Morgan fingerprint density at radius 1 is 1.12 bits per heavy atom. The number of benzene rings is 1. The highest BCUT2D eigenvalue weighted by molar-refractivity contribution is 5.74. The van der Waals surface area contributed by atoms with Gasteiger partial charge in [0.25, 0.3) is 18.6 Å². The molecule has 0 bridgehead atoms. The minimum atomic E-state index is -0.482. The minimum absolute atomic E-state index is 0.00350. The summed E-state index contributed by atoms with van der Waals surface area (Å²) in [4.78, 5) is 28.9. The number of H-pyrrole nitrogens is 1. The molecule has 8 heteroatoms. The van der Waals surface area contributed by atoms with Crippen molar-refractivity contribution in [3.8, 4) is 0 Å². The van der Waals surface area contributed by atoms with Gasteiger partial charge < -0.3 is 9.64 Å². The first kappa shape index (κ1) is 21.4. The molecule has 0 saturated carbocycles. The second-order valence-electron chi connectivity index (χ2n) is 9.51. The number of likely N-dealkylation sites (tertiary alicyclic amines) is 1. The number of hydrogen-bond donors (Lipinski definition) is 1. The molecule has 5 rings (SSSR count). The molecule has 1 aromatic carbocycles. The summed E-state index contributed by atoms with van der Waals surface area (Å²) in [6, 6.07) is 9.44. The number of piperidine rings is 1. The van der Waals surface area contributed by atoms with Crippen LogP contribution in [0.15, 0.2) is 39.8 Å². The van der Waals surface area contributed by atoms with Crippen LogP contribution >= 0.6 is 0 Å². The van der Waals surface area contributed by atoms with Gasteiger partial charge in [0.2, 0.25) is 0 Å². The molecule has 1 amide bonds. The number of carbonyl (C=O) groups is 1. The number of ether oxygens (including phenoxy) is 1. The fraction of sp³-hybridized carbons (Fsp3) is 0.625. The lowest BCUT2D eigenvalue weighted by Gasteiger charge is -2.38. The predicted molar refractivity (Wildman–Crippen MR) is 117 cm³/mol.